The smallest absolute Gasteiger partial charge is 0.335 e. The molecule has 0 amide bonds. The number of carbonyl (C=O) groups excluding carboxylic acids is 1. The first-order chi connectivity index (χ1) is 6.24. The third-order valence-corrected chi connectivity index (χ3v) is 2.15. The van der Waals surface area contributed by atoms with Crippen molar-refractivity contribution in [1.82, 2.24) is 0 Å². The van der Waals surface area contributed by atoms with Crippen LogP contribution in [-0.4, -0.2) is 23.8 Å². The first kappa shape index (κ1) is 10.3. The van der Waals surface area contributed by atoms with Crippen LogP contribution in [0.3, 0.4) is 0 Å². The van der Waals surface area contributed by atoms with Crippen LogP contribution in [-0.2, 0) is 9.53 Å². The molecular weight excluding hydrogens is 168 g/mol. The largest absolute Gasteiger partial charge is 0.464 e. The molecule has 0 bridgehead atoms. The number of esters is 1. The molecule has 0 spiro atoms. The van der Waals surface area contributed by atoms with Crippen molar-refractivity contribution < 1.29 is 14.6 Å². The lowest BCUT2D eigenvalue weighted by Crippen LogP contribution is -2.23. The van der Waals surface area contributed by atoms with E-state index in [-0.39, 0.29) is 0 Å². The van der Waals surface area contributed by atoms with Gasteiger partial charge in [0.25, 0.3) is 0 Å². The highest BCUT2D eigenvalue weighted by molar-refractivity contribution is 5.74. The van der Waals surface area contributed by atoms with E-state index in [4.69, 9.17) is 4.74 Å². The van der Waals surface area contributed by atoms with Gasteiger partial charge in [-0.25, -0.2) is 4.79 Å². The molecule has 1 aliphatic carbocycles. The predicted octanol–water partition coefficient (Wildman–Crippen LogP) is 1.41. The summed E-state index contributed by atoms with van der Waals surface area (Å²) in [7, 11) is 0. The first-order valence-corrected chi connectivity index (χ1v) is 4.76. The summed E-state index contributed by atoms with van der Waals surface area (Å²) in [6.07, 6.45) is 4.80. The number of rotatable bonds is 4. The van der Waals surface area contributed by atoms with E-state index in [1.807, 2.05) is 0 Å². The van der Waals surface area contributed by atoms with Crippen LogP contribution < -0.4 is 0 Å². The minimum atomic E-state index is -0.968. The number of ether oxygens (including phenoxy) is 1. The summed E-state index contributed by atoms with van der Waals surface area (Å²) < 4.78 is 4.70. The standard InChI is InChI=1S/C10H16O3/c1-2-13-10(12)9(11)7-8-5-3-4-6-8/h5,9,11H,2-4,6-7H2,1H3/t9-/m0/s1. The minimum absolute atomic E-state index is 0.328. The first-order valence-electron chi connectivity index (χ1n) is 4.76. The van der Waals surface area contributed by atoms with Gasteiger partial charge in [-0.15, -0.1) is 0 Å². The van der Waals surface area contributed by atoms with E-state index in [0.717, 1.165) is 19.3 Å². The fourth-order valence-electron chi connectivity index (χ4n) is 1.49. The van der Waals surface area contributed by atoms with Gasteiger partial charge in [0, 0.05) is 6.42 Å². The van der Waals surface area contributed by atoms with Crippen molar-refractivity contribution in [2.24, 2.45) is 0 Å². The number of aliphatic hydroxyl groups excluding tert-OH is 1. The maximum atomic E-state index is 11.0. The SMILES string of the molecule is CCOC(=O)[C@@H](O)CC1=CCCC1. The lowest BCUT2D eigenvalue weighted by molar-refractivity contribution is -0.152. The Morgan fingerprint density at radius 2 is 2.54 bits per heavy atom. The summed E-state index contributed by atoms with van der Waals surface area (Å²) in [5.74, 6) is -0.504. The summed E-state index contributed by atoms with van der Waals surface area (Å²) in [5.41, 5.74) is 1.18. The normalized spacial score (nSPS) is 18.2. The van der Waals surface area contributed by atoms with Crippen molar-refractivity contribution in [1.29, 1.82) is 0 Å². The summed E-state index contributed by atoms with van der Waals surface area (Å²) in [6, 6.07) is 0. The number of hydrogen-bond donors (Lipinski definition) is 1. The summed E-state index contributed by atoms with van der Waals surface area (Å²) >= 11 is 0. The van der Waals surface area contributed by atoms with Gasteiger partial charge in [0.2, 0.25) is 0 Å². The molecule has 0 aromatic rings. The molecule has 0 aliphatic heterocycles. The lowest BCUT2D eigenvalue weighted by Gasteiger charge is -2.09. The second-order valence-corrected chi connectivity index (χ2v) is 3.23. The van der Waals surface area contributed by atoms with Crippen LogP contribution in [0.5, 0.6) is 0 Å². The highest BCUT2D eigenvalue weighted by Gasteiger charge is 2.18. The van der Waals surface area contributed by atoms with Crippen LogP contribution in [0, 0.1) is 0 Å². The number of hydrogen-bond acceptors (Lipinski definition) is 3. The average Bonchev–Trinajstić information content (AvgIpc) is 2.57. The van der Waals surface area contributed by atoms with Gasteiger partial charge in [0.1, 0.15) is 0 Å². The van der Waals surface area contributed by atoms with Gasteiger partial charge in [-0.05, 0) is 26.2 Å². The Kier molecular flexibility index (Phi) is 3.96. The Morgan fingerprint density at radius 3 is 3.08 bits per heavy atom. The van der Waals surface area contributed by atoms with Crippen molar-refractivity contribution in [3.8, 4) is 0 Å². The van der Waals surface area contributed by atoms with Crippen molar-refractivity contribution in [3.05, 3.63) is 11.6 Å². The molecule has 0 heterocycles. The fraction of sp³-hybridized carbons (Fsp3) is 0.700. The molecule has 0 aromatic heterocycles. The van der Waals surface area contributed by atoms with Crippen molar-refractivity contribution in [2.75, 3.05) is 6.61 Å². The average molecular weight is 184 g/mol. The van der Waals surface area contributed by atoms with Gasteiger partial charge < -0.3 is 9.84 Å². The van der Waals surface area contributed by atoms with Gasteiger partial charge in [-0.3, -0.25) is 0 Å². The van der Waals surface area contributed by atoms with Crippen molar-refractivity contribution in [3.63, 3.8) is 0 Å². The molecular formula is C10H16O3. The van der Waals surface area contributed by atoms with Crippen molar-refractivity contribution >= 4 is 5.97 Å². The zero-order valence-electron chi connectivity index (χ0n) is 7.95. The molecule has 1 N–H and O–H groups in total. The highest BCUT2D eigenvalue weighted by atomic mass is 16.5. The van der Waals surface area contributed by atoms with E-state index in [2.05, 4.69) is 6.08 Å². The molecule has 13 heavy (non-hydrogen) atoms. The van der Waals surface area contributed by atoms with Gasteiger partial charge in [-0.1, -0.05) is 11.6 Å². The Hall–Kier alpha value is -0.830. The van der Waals surface area contributed by atoms with Gasteiger partial charge in [-0.2, -0.15) is 0 Å². The molecule has 0 fully saturated rings. The summed E-state index contributed by atoms with van der Waals surface area (Å²) in [4.78, 5) is 11.0. The second kappa shape index (κ2) is 5.02. The molecule has 0 saturated carbocycles. The topological polar surface area (TPSA) is 46.5 Å². The molecule has 1 rings (SSSR count). The van der Waals surface area contributed by atoms with Crippen molar-refractivity contribution in [2.45, 2.75) is 38.7 Å². The summed E-state index contributed by atoms with van der Waals surface area (Å²) in [6.45, 7) is 2.06. The molecule has 0 saturated heterocycles. The van der Waals surface area contributed by atoms with Gasteiger partial charge >= 0.3 is 5.97 Å². The predicted molar refractivity (Wildman–Crippen MR) is 49.2 cm³/mol. The molecule has 1 aliphatic rings. The van der Waals surface area contributed by atoms with E-state index >= 15 is 0 Å². The molecule has 1 atom stereocenters. The fourth-order valence-corrected chi connectivity index (χ4v) is 1.49. The zero-order valence-corrected chi connectivity index (χ0v) is 7.95. The third-order valence-electron chi connectivity index (χ3n) is 2.15. The third kappa shape index (κ3) is 3.19. The highest BCUT2D eigenvalue weighted by Crippen LogP contribution is 2.22. The number of allylic oxidation sites excluding steroid dienone is 1. The number of aliphatic hydroxyl groups is 1. The van der Waals surface area contributed by atoms with E-state index in [1.165, 1.54) is 5.57 Å². The van der Waals surface area contributed by atoms with Gasteiger partial charge in [0.15, 0.2) is 6.10 Å². The van der Waals surface area contributed by atoms with Crippen LogP contribution in [0.2, 0.25) is 0 Å². The molecule has 3 heteroatoms. The molecule has 0 radical (unpaired) electrons. The van der Waals surface area contributed by atoms with E-state index in [1.54, 1.807) is 6.92 Å². The second-order valence-electron chi connectivity index (χ2n) is 3.23. The number of carbonyl (C=O) groups is 1. The van der Waals surface area contributed by atoms with E-state index in [0.29, 0.717) is 13.0 Å². The zero-order chi connectivity index (χ0) is 9.68. The van der Waals surface area contributed by atoms with E-state index < -0.39 is 12.1 Å². The minimum Gasteiger partial charge on any atom is -0.464 e. The van der Waals surface area contributed by atoms with Crippen LogP contribution in [0.25, 0.3) is 0 Å². The Morgan fingerprint density at radius 1 is 1.77 bits per heavy atom. The van der Waals surface area contributed by atoms with Crippen LogP contribution >= 0.6 is 0 Å². The molecule has 0 unspecified atom stereocenters. The Labute approximate surface area is 78.4 Å². The maximum Gasteiger partial charge on any atom is 0.335 e. The molecule has 0 aromatic carbocycles. The maximum absolute atomic E-state index is 11.0. The van der Waals surface area contributed by atoms with E-state index in [9.17, 15) is 9.90 Å². The van der Waals surface area contributed by atoms with Crippen LogP contribution in [0.1, 0.15) is 32.6 Å². The van der Waals surface area contributed by atoms with Crippen LogP contribution in [0.4, 0.5) is 0 Å². The quantitative estimate of drug-likeness (QED) is 0.531. The van der Waals surface area contributed by atoms with Gasteiger partial charge in [0.05, 0.1) is 6.61 Å². The molecule has 74 valence electrons. The lowest BCUT2D eigenvalue weighted by atomic mass is 10.1. The monoisotopic (exact) mass is 184 g/mol. The summed E-state index contributed by atoms with van der Waals surface area (Å²) in [5, 5.41) is 9.39. The molecule has 3 nitrogen and oxygen atoms in total. The Bertz CT molecular complexity index is 208. The Balaban J connectivity index is 2.31. The van der Waals surface area contributed by atoms with Crippen LogP contribution in [0.15, 0.2) is 11.6 Å².